The average molecular weight is 549 g/mol. The fourth-order valence-electron chi connectivity index (χ4n) is 5.87. The SMILES string of the molecule is O=C(NC[C@@H]1[C@H]2CC[C@H](C2)N1C(=O)c1nc(C2CC2)sc1-c1ccccc1F)Oc1cccc2ncsc12. The Balaban J connectivity index is 1.13. The number of fused-ring (bicyclic) bond motifs is 3. The van der Waals surface area contributed by atoms with Crippen molar-refractivity contribution < 1.29 is 18.7 Å². The zero-order valence-electron chi connectivity index (χ0n) is 20.4. The number of nitrogens with one attached hydrogen (secondary N) is 1. The summed E-state index contributed by atoms with van der Waals surface area (Å²) in [4.78, 5) is 38.3. The van der Waals surface area contributed by atoms with Gasteiger partial charge in [-0.25, -0.2) is 19.2 Å². The number of carbonyl (C=O) groups is 2. The number of ether oxygens (including phenoxy) is 1. The number of amides is 2. The molecule has 1 aliphatic heterocycles. The lowest BCUT2D eigenvalue weighted by atomic mass is 9.98. The highest BCUT2D eigenvalue weighted by Crippen LogP contribution is 2.47. The Labute approximate surface area is 226 Å². The van der Waals surface area contributed by atoms with E-state index in [2.05, 4.69) is 10.3 Å². The molecule has 0 unspecified atom stereocenters. The van der Waals surface area contributed by atoms with Gasteiger partial charge in [0.05, 0.1) is 31.7 Å². The van der Waals surface area contributed by atoms with Crippen molar-refractivity contribution in [3.8, 4) is 16.2 Å². The maximum Gasteiger partial charge on any atom is 0.412 e. The molecule has 2 amide bonds. The number of hydrogen-bond acceptors (Lipinski definition) is 7. The summed E-state index contributed by atoms with van der Waals surface area (Å²) in [6, 6.07) is 11.9. The monoisotopic (exact) mass is 548 g/mol. The van der Waals surface area contributed by atoms with Crippen LogP contribution in [0.25, 0.3) is 20.7 Å². The molecule has 1 saturated heterocycles. The minimum Gasteiger partial charge on any atom is -0.409 e. The van der Waals surface area contributed by atoms with E-state index in [1.54, 1.807) is 35.8 Å². The van der Waals surface area contributed by atoms with E-state index in [1.165, 1.54) is 28.7 Å². The predicted octanol–water partition coefficient (Wildman–Crippen LogP) is 6.22. The number of carbonyl (C=O) groups excluding carboxylic acids is 2. The third kappa shape index (κ3) is 4.16. The number of aromatic nitrogens is 2. The second-order valence-corrected chi connectivity index (χ2v) is 12.1. The number of halogens is 1. The summed E-state index contributed by atoms with van der Waals surface area (Å²) < 4.78 is 21.2. The normalized spacial score (nSPS) is 22.2. The van der Waals surface area contributed by atoms with Crippen molar-refractivity contribution >= 4 is 44.9 Å². The number of hydrogen-bond donors (Lipinski definition) is 1. The first kappa shape index (κ1) is 23.7. The highest BCUT2D eigenvalue weighted by atomic mass is 32.1. The van der Waals surface area contributed by atoms with Crippen molar-refractivity contribution in [3.63, 3.8) is 0 Å². The molecule has 4 aromatic rings. The summed E-state index contributed by atoms with van der Waals surface area (Å²) in [5.74, 6) is 0.596. The summed E-state index contributed by atoms with van der Waals surface area (Å²) in [5, 5.41) is 3.80. The first-order chi connectivity index (χ1) is 18.6. The summed E-state index contributed by atoms with van der Waals surface area (Å²) >= 11 is 2.85. The first-order valence-electron chi connectivity index (χ1n) is 12.9. The van der Waals surface area contributed by atoms with Gasteiger partial charge in [0.2, 0.25) is 0 Å². The minimum absolute atomic E-state index is 0.0980. The van der Waals surface area contributed by atoms with Crippen molar-refractivity contribution in [2.24, 2.45) is 5.92 Å². The number of benzene rings is 2. The van der Waals surface area contributed by atoms with Gasteiger partial charge in [-0.15, -0.1) is 22.7 Å². The van der Waals surface area contributed by atoms with Gasteiger partial charge in [0.25, 0.3) is 5.91 Å². The Morgan fingerprint density at radius 1 is 1.11 bits per heavy atom. The van der Waals surface area contributed by atoms with Gasteiger partial charge >= 0.3 is 6.09 Å². The molecule has 3 heterocycles. The number of nitrogens with zero attached hydrogens (tertiary/aromatic N) is 3. The number of piperidine rings is 1. The minimum atomic E-state index is -0.558. The van der Waals surface area contributed by atoms with Crippen LogP contribution in [0.1, 0.15) is 53.5 Å². The molecule has 2 bridgehead atoms. The lowest BCUT2D eigenvalue weighted by Crippen LogP contribution is -2.50. The maximum absolute atomic E-state index is 14.8. The standard InChI is InChI=1S/C28H25FN4O3S2/c29-19-5-2-1-4-18(19)24-23(32-26(38-24)15-8-9-15)27(34)33-17-11-10-16(12-17)21(33)13-30-28(35)36-22-7-3-6-20-25(22)37-14-31-20/h1-7,14-17,21H,8-13H2,(H,30,35)/t16-,17+,21+/m0/s1. The van der Waals surface area contributed by atoms with Crippen molar-refractivity contribution in [3.05, 3.63) is 64.5 Å². The maximum atomic E-state index is 14.8. The largest absolute Gasteiger partial charge is 0.412 e. The molecule has 3 aliphatic rings. The van der Waals surface area contributed by atoms with Crippen LogP contribution in [0.15, 0.2) is 48.0 Å². The third-order valence-corrected chi connectivity index (χ3v) is 9.95. The Hall–Kier alpha value is -3.37. The Kier molecular flexibility index (Phi) is 5.89. The zero-order chi connectivity index (χ0) is 25.8. The van der Waals surface area contributed by atoms with Crippen LogP contribution in [0.5, 0.6) is 5.75 Å². The van der Waals surface area contributed by atoms with E-state index in [4.69, 9.17) is 9.72 Å². The van der Waals surface area contributed by atoms with Crippen LogP contribution in [0.4, 0.5) is 9.18 Å². The van der Waals surface area contributed by atoms with E-state index in [1.807, 2.05) is 11.0 Å². The summed E-state index contributed by atoms with van der Waals surface area (Å²) in [6.45, 7) is 0.291. The average Bonchev–Trinajstić information content (AvgIpc) is 3.30. The van der Waals surface area contributed by atoms with Gasteiger partial charge < -0.3 is 15.0 Å². The molecule has 3 atom stereocenters. The van der Waals surface area contributed by atoms with Gasteiger partial charge in [-0.2, -0.15) is 0 Å². The van der Waals surface area contributed by atoms with Crippen LogP contribution in [-0.2, 0) is 0 Å². The van der Waals surface area contributed by atoms with Gasteiger partial charge in [0, 0.05) is 24.1 Å². The molecule has 10 heteroatoms. The van der Waals surface area contributed by atoms with E-state index < -0.39 is 6.09 Å². The predicted molar refractivity (Wildman–Crippen MR) is 144 cm³/mol. The quantitative estimate of drug-likeness (QED) is 0.309. The first-order valence-corrected chi connectivity index (χ1v) is 14.6. The number of likely N-dealkylation sites (tertiary alicyclic amines) is 1. The molecule has 2 saturated carbocycles. The van der Waals surface area contributed by atoms with Gasteiger partial charge in [0.1, 0.15) is 11.5 Å². The topological polar surface area (TPSA) is 84.4 Å². The second kappa shape index (κ2) is 9.43. The third-order valence-electron chi connectivity index (χ3n) is 7.84. The highest BCUT2D eigenvalue weighted by Gasteiger charge is 2.49. The Bertz CT molecular complexity index is 1550. The fraction of sp³-hybridized carbons (Fsp3) is 0.357. The van der Waals surface area contributed by atoms with Crippen LogP contribution >= 0.6 is 22.7 Å². The fourth-order valence-corrected chi connectivity index (χ4v) is 7.87. The number of rotatable bonds is 6. The Morgan fingerprint density at radius 3 is 2.82 bits per heavy atom. The highest BCUT2D eigenvalue weighted by molar-refractivity contribution is 7.17. The zero-order valence-corrected chi connectivity index (χ0v) is 22.1. The second-order valence-electron chi connectivity index (χ2n) is 10.2. The van der Waals surface area contributed by atoms with Crippen molar-refractivity contribution in [2.75, 3.05) is 6.54 Å². The van der Waals surface area contributed by atoms with Gasteiger partial charge in [-0.1, -0.05) is 24.3 Å². The van der Waals surface area contributed by atoms with Crippen LogP contribution in [0.2, 0.25) is 0 Å². The van der Waals surface area contributed by atoms with Crippen molar-refractivity contribution in [2.45, 2.75) is 50.1 Å². The van der Waals surface area contributed by atoms with E-state index in [-0.39, 0.29) is 23.8 Å². The Morgan fingerprint density at radius 2 is 1.97 bits per heavy atom. The molecular weight excluding hydrogens is 523 g/mol. The lowest BCUT2D eigenvalue weighted by molar-refractivity contribution is 0.0586. The van der Waals surface area contributed by atoms with Gasteiger partial charge in [-0.05, 0) is 56.2 Å². The summed E-state index contributed by atoms with van der Waals surface area (Å²) in [5.41, 5.74) is 3.25. The van der Waals surface area contributed by atoms with E-state index in [0.29, 0.717) is 40.3 Å². The molecule has 7 rings (SSSR count). The molecule has 0 spiro atoms. The van der Waals surface area contributed by atoms with Crippen LogP contribution in [0, 0.1) is 11.7 Å². The molecule has 38 heavy (non-hydrogen) atoms. The van der Waals surface area contributed by atoms with Crippen LogP contribution in [0.3, 0.4) is 0 Å². The van der Waals surface area contributed by atoms with Gasteiger partial charge in [0.15, 0.2) is 5.75 Å². The summed E-state index contributed by atoms with van der Waals surface area (Å²) in [6.07, 6.45) is 4.40. The van der Waals surface area contributed by atoms with Crippen molar-refractivity contribution in [1.29, 1.82) is 0 Å². The molecule has 2 aromatic carbocycles. The number of thiazole rings is 2. The molecular formula is C28H25FN4O3S2. The van der Waals surface area contributed by atoms with E-state index >= 15 is 0 Å². The van der Waals surface area contributed by atoms with Gasteiger partial charge in [-0.3, -0.25) is 4.79 Å². The van der Waals surface area contributed by atoms with E-state index in [0.717, 1.165) is 47.3 Å². The van der Waals surface area contributed by atoms with E-state index in [9.17, 15) is 14.0 Å². The molecule has 0 radical (unpaired) electrons. The molecule has 3 fully saturated rings. The molecule has 7 nitrogen and oxygen atoms in total. The molecule has 2 aliphatic carbocycles. The lowest BCUT2D eigenvalue weighted by Gasteiger charge is -2.35. The molecule has 194 valence electrons. The molecule has 2 aromatic heterocycles. The molecule has 1 N–H and O–H groups in total. The van der Waals surface area contributed by atoms with Crippen molar-refractivity contribution in [1.82, 2.24) is 20.2 Å². The van der Waals surface area contributed by atoms with Crippen LogP contribution in [-0.4, -0.2) is 45.5 Å². The summed E-state index contributed by atoms with van der Waals surface area (Å²) in [7, 11) is 0. The smallest absolute Gasteiger partial charge is 0.409 e. The van der Waals surface area contributed by atoms with Crippen LogP contribution < -0.4 is 10.1 Å².